The van der Waals surface area contributed by atoms with Crippen molar-refractivity contribution >= 4 is 28.9 Å². The first-order chi connectivity index (χ1) is 14.4. The van der Waals surface area contributed by atoms with Gasteiger partial charge in [0.1, 0.15) is 16.5 Å². The molecule has 2 aromatic rings. The molecule has 0 saturated carbocycles. The molecular weight excluding hydrogens is 412 g/mol. The lowest BCUT2D eigenvalue weighted by Gasteiger charge is -2.03. The minimum absolute atomic E-state index is 0.00179. The second kappa shape index (κ2) is 11.1. The minimum atomic E-state index is -2.92. The molecule has 1 amide bonds. The summed E-state index contributed by atoms with van der Waals surface area (Å²) in [4.78, 5) is 25.2. The highest BCUT2D eigenvalue weighted by Gasteiger charge is 2.15. The van der Waals surface area contributed by atoms with Crippen molar-refractivity contribution in [2.24, 2.45) is 0 Å². The van der Waals surface area contributed by atoms with Crippen LogP contribution in [0.5, 0.6) is 5.75 Å². The van der Waals surface area contributed by atoms with Crippen LogP contribution in [0.25, 0.3) is 11.6 Å². The molecule has 1 N–H and O–H groups in total. The van der Waals surface area contributed by atoms with E-state index in [1.807, 2.05) is 13.0 Å². The average Bonchev–Trinajstić information content (AvgIpc) is 3.00. The number of nitrogens with zero attached hydrogens (tertiary/aromatic N) is 2. The Morgan fingerprint density at radius 3 is 2.67 bits per heavy atom. The monoisotopic (exact) mass is 433 g/mol. The van der Waals surface area contributed by atoms with Crippen molar-refractivity contribution in [1.29, 1.82) is 5.26 Å². The molecule has 2 rings (SSSR count). The SMILES string of the molecule is C=CCn1c(=O)/c(=C\c2ccc(OC(F)F)cc2)s/c1=C(\C#N)C(=O)NCCCC. The number of amides is 1. The Kier molecular flexibility index (Phi) is 8.50. The number of nitrogens with one attached hydrogen (secondary N) is 1. The fraction of sp³-hybridized carbons (Fsp3) is 0.286. The summed E-state index contributed by atoms with van der Waals surface area (Å²) in [7, 11) is 0. The fourth-order valence-electron chi connectivity index (χ4n) is 2.56. The van der Waals surface area contributed by atoms with Crippen molar-refractivity contribution in [3.05, 3.63) is 62.0 Å². The molecule has 0 aliphatic heterocycles. The van der Waals surface area contributed by atoms with E-state index < -0.39 is 12.5 Å². The van der Waals surface area contributed by atoms with Gasteiger partial charge in [0.15, 0.2) is 5.57 Å². The topological polar surface area (TPSA) is 84.1 Å². The zero-order chi connectivity index (χ0) is 22.1. The summed E-state index contributed by atoms with van der Waals surface area (Å²) in [5, 5.41) is 12.2. The number of unbranched alkanes of at least 4 members (excludes halogenated alkanes) is 1. The molecule has 158 valence electrons. The summed E-state index contributed by atoms with van der Waals surface area (Å²) in [5.74, 6) is -0.535. The molecule has 0 aliphatic rings. The summed E-state index contributed by atoms with van der Waals surface area (Å²) in [5.41, 5.74) is 0.0606. The first-order valence-corrected chi connectivity index (χ1v) is 10.0. The number of thiazole rings is 1. The van der Waals surface area contributed by atoms with Gasteiger partial charge in [-0.05, 0) is 30.2 Å². The maximum absolute atomic E-state index is 12.8. The number of aromatic nitrogens is 1. The standard InChI is InChI=1S/C21H21F2N3O3S/c1-3-5-10-25-18(27)16(13-24)20-26(11-4-2)19(28)17(30-20)12-14-6-8-15(9-7-14)29-21(22)23/h4,6-9,12,21H,2-3,5,10-11H2,1H3,(H,25,27)/b17-12+,20-16+. The molecule has 0 spiro atoms. The third-order valence-corrected chi connectivity index (χ3v) is 5.12. The third kappa shape index (κ3) is 5.87. The molecule has 30 heavy (non-hydrogen) atoms. The van der Waals surface area contributed by atoms with E-state index in [4.69, 9.17) is 0 Å². The maximum atomic E-state index is 12.8. The molecule has 0 bridgehead atoms. The van der Waals surface area contributed by atoms with Crippen LogP contribution in [0.1, 0.15) is 25.3 Å². The zero-order valence-electron chi connectivity index (χ0n) is 16.4. The maximum Gasteiger partial charge on any atom is 0.387 e. The second-order valence-corrected chi connectivity index (χ2v) is 7.19. The molecule has 1 aromatic heterocycles. The Hall–Kier alpha value is -3.25. The van der Waals surface area contributed by atoms with Gasteiger partial charge >= 0.3 is 6.61 Å². The number of alkyl halides is 2. The summed E-state index contributed by atoms with van der Waals surface area (Å²) in [6.07, 6.45) is 4.73. The molecular formula is C21H21F2N3O3S. The van der Waals surface area contributed by atoms with E-state index in [9.17, 15) is 23.6 Å². The number of ether oxygens (including phenoxy) is 1. The highest BCUT2D eigenvalue weighted by atomic mass is 32.1. The van der Waals surface area contributed by atoms with Crippen LogP contribution in [0.4, 0.5) is 8.78 Å². The zero-order valence-corrected chi connectivity index (χ0v) is 17.2. The van der Waals surface area contributed by atoms with E-state index in [1.165, 1.54) is 34.9 Å². The van der Waals surface area contributed by atoms with Crippen LogP contribution in [-0.4, -0.2) is 23.6 Å². The molecule has 0 atom stereocenters. The predicted molar refractivity (Wildman–Crippen MR) is 112 cm³/mol. The number of carbonyl (C=O) groups excluding carboxylic acids is 1. The van der Waals surface area contributed by atoms with Crippen LogP contribution in [0.3, 0.4) is 0 Å². The number of nitriles is 1. The first-order valence-electron chi connectivity index (χ1n) is 9.21. The van der Waals surface area contributed by atoms with Crippen LogP contribution in [-0.2, 0) is 11.3 Å². The number of benzene rings is 1. The van der Waals surface area contributed by atoms with Crippen molar-refractivity contribution in [3.8, 4) is 11.8 Å². The van der Waals surface area contributed by atoms with Crippen LogP contribution in [0.2, 0.25) is 0 Å². The van der Waals surface area contributed by atoms with Crippen LogP contribution >= 0.6 is 11.3 Å². The van der Waals surface area contributed by atoms with E-state index in [2.05, 4.69) is 16.6 Å². The second-order valence-electron chi connectivity index (χ2n) is 6.16. The van der Waals surface area contributed by atoms with Crippen molar-refractivity contribution in [2.45, 2.75) is 32.9 Å². The van der Waals surface area contributed by atoms with E-state index in [0.717, 1.165) is 24.2 Å². The lowest BCUT2D eigenvalue weighted by Crippen LogP contribution is -2.34. The van der Waals surface area contributed by atoms with Gasteiger partial charge in [-0.2, -0.15) is 14.0 Å². The molecule has 0 aliphatic carbocycles. The number of halogens is 2. The van der Waals surface area contributed by atoms with Gasteiger partial charge in [-0.3, -0.25) is 14.2 Å². The van der Waals surface area contributed by atoms with Gasteiger partial charge in [0, 0.05) is 13.1 Å². The molecule has 0 radical (unpaired) electrons. The van der Waals surface area contributed by atoms with Crippen LogP contribution < -0.4 is 24.8 Å². The Labute approximate surface area is 176 Å². The van der Waals surface area contributed by atoms with E-state index >= 15 is 0 Å². The fourth-order valence-corrected chi connectivity index (χ4v) is 3.67. The van der Waals surface area contributed by atoms with Crippen molar-refractivity contribution in [2.75, 3.05) is 6.54 Å². The van der Waals surface area contributed by atoms with E-state index in [-0.39, 0.29) is 28.1 Å². The summed E-state index contributed by atoms with van der Waals surface area (Å²) in [6.45, 7) is 3.25. The molecule has 0 saturated heterocycles. The summed E-state index contributed by atoms with van der Waals surface area (Å²) < 4.78 is 30.7. The molecule has 0 unspecified atom stereocenters. The van der Waals surface area contributed by atoms with Crippen LogP contribution in [0.15, 0.2) is 41.7 Å². The number of allylic oxidation sites excluding steroid dienone is 1. The molecule has 6 nitrogen and oxygen atoms in total. The number of rotatable bonds is 9. The Morgan fingerprint density at radius 2 is 2.10 bits per heavy atom. The van der Waals surface area contributed by atoms with E-state index in [0.29, 0.717) is 16.6 Å². The Morgan fingerprint density at radius 1 is 1.40 bits per heavy atom. The van der Waals surface area contributed by atoms with E-state index in [1.54, 1.807) is 6.08 Å². The number of hydrogen-bond donors (Lipinski definition) is 1. The van der Waals surface area contributed by atoms with Gasteiger partial charge in [0.25, 0.3) is 11.5 Å². The minimum Gasteiger partial charge on any atom is -0.435 e. The number of hydrogen-bond acceptors (Lipinski definition) is 5. The highest BCUT2D eigenvalue weighted by molar-refractivity contribution is 7.07. The van der Waals surface area contributed by atoms with Crippen molar-refractivity contribution in [1.82, 2.24) is 9.88 Å². The summed E-state index contributed by atoms with van der Waals surface area (Å²) in [6, 6.07) is 7.68. The number of carbonyl (C=O) groups is 1. The first kappa shape index (κ1) is 23.0. The van der Waals surface area contributed by atoms with Gasteiger partial charge in [0.2, 0.25) is 0 Å². The van der Waals surface area contributed by atoms with Crippen LogP contribution in [0, 0.1) is 11.3 Å². The highest BCUT2D eigenvalue weighted by Crippen LogP contribution is 2.15. The molecule has 9 heteroatoms. The van der Waals surface area contributed by atoms with Crippen molar-refractivity contribution in [3.63, 3.8) is 0 Å². The average molecular weight is 433 g/mol. The van der Waals surface area contributed by atoms with Gasteiger partial charge in [-0.25, -0.2) is 0 Å². The van der Waals surface area contributed by atoms with Gasteiger partial charge < -0.3 is 10.1 Å². The Bertz CT molecular complexity index is 1110. The third-order valence-electron chi connectivity index (χ3n) is 3.99. The quantitative estimate of drug-likeness (QED) is 0.485. The smallest absolute Gasteiger partial charge is 0.387 e. The lowest BCUT2D eigenvalue weighted by atomic mass is 10.2. The molecule has 1 aromatic carbocycles. The largest absolute Gasteiger partial charge is 0.435 e. The summed E-state index contributed by atoms with van der Waals surface area (Å²) >= 11 is 1.01. The lowest BCUT2D eigenvalue weighted by molar-refractivity contribution is -0.115. The van der Waals surface area contributed by atoms with Gasteiger partial charge in [-0.1, -0.05) is 31.6 Å². The molecule has 1 heterocycles. The van der Waals surface area contributed by atoms with Gasteiger partial charge in [0.05, 0.1) is 4.53 Å². The van der Waals surface area contributed by atoms with Crippen molar-refractivity contribution < 1.29 is 18.3 Å². The normalized spacial score (nSPS) is 12.4. The predicted octanol–water partition coefficient (Wildman–Crippen LogP) is 2.12. The molecule has 0 fully saturated rings. The Balaban J connectivity index is 2.54. The van der Waals surface area contributed by atoms with Gasteiger partial charge in [-0.15, -0.1) is 17.9 Å².